The van der Waals surface area contributed by atoms with Gasteiger partial charge in [-0.15, -0.1) is 0 Å². The summed E-state index contributed by atoms with van der Waals surface area (Å²) in [6.45, 7) is 0.261. The Morgan fingerprint density at radius 3 is 2.92 bits per heavy atom. The quantitative estimate of drug-likeness (QED) is 0.423. The Balaban J connectivity index is 2.97. The molecule has 4 N–H and O–H groups in total. The first-order chi connectivity index (χ1) is 5.74. The molecule has 0 spiro atoms. The topological polar surface area (TPSA) is 64.9 Å². The van der Waals surface area contributed by atoms with Crippen LogP contribution in [0.25, 0.3) is 0 Å². The number of hydrogen-bond donors (Lipinski definition) is 2. The second kappa shape index (κ2) is 3.69. The van der Waals surface area contributed by atoms with Crippen LogP contribution in [-0.2, 0) is 0 Å². The van der Waals surface area contributed by atoms with Gasteiger partial charge in [-0.2, -0.15) is 4.39 Å². The minimum Gasteiger partial charge on any atom is -0.395 e. The normalized spacial score (nSPS) is 8.83. The molecule has 0 aliphatic carbocycles. The highest BCUT2D eigenvalue weighted by Gasteiger charge is 1.97. The highest BCUT2D eigenvalue weighted by atomic mass is 19.1. The molecule has 4 heteroatoms. The molecule has 0 amide bonds. The van der Waals surface area contributed by atoms with Gasteiger partial charge in [0, 0.05) is 11.8 Å². The van der Waals surface area contributed by atoms with Crippen LogP contribution in [-0.4, -0.2) is 11.5 Å². The van der Waals surface area contributed by atoms with E-state index >= 15 is 0 Å². The van der Waals surface area contributed by atoms with E-state index in [9.17, 15) is 4.39 Å². The Kier molecular flexibility index (Phi) is 2.62. The number of halogens is 1. The van der Waals surface area contributed by atoms with E-state index in [2.05, 4.69) is 16.8 Å². The van der Waals surface area contributed by atoms with E-state index in [1.54, 1.807) is 0 Å². The lowest BCUT2D eigenvalue weighted by atomic mass is 10.2. The molecule has 0 saturated carbocycles. The van der Waals surface area contributed by atoms with Crippen molar-refractivity contribution in [1.82, 2.24) is 4.98 Å². The van der Waals surface area contributed by atoms with E-state index < -0.39 is 5.95 Å². The molecule has 1 aromatic heterocycles. The predicted molar refractivity (Wildman–Crippen MR) is 44.5 cm³/mol. The van der Waals surface area contributed by atoms with Crippen LogP contribution in [0.1, 0.15) is 5.56 Å². The number of nitrogen functional groups attached to an aromatic ring is 1. The van der Waals surface area contributed by atoms with Gasteiger partial charge >= 0.3 is 0 Å². The van der Waals surface area contributed by atoms with Gasteiger partial charge in [-0.3, -0.25) is 0 Å². The van der Waals surface area contributed by atoms with Gasteiger partial charge in [0.15, 0.2) is 0 Å². The Hall–Kier alpha value is -1.60. The van der Waals surface area contributed by atoms with Gasteiger partial charge in [-0.05, 0) is 6.07 Å². The average Bonchev–Trinajstić information content (AvgIpc) is 2.07. The molecule has 1 aromatic rings. The Labute approximate surface area is 69.6 Å². The monoisotopic (exact) mass is 165 g/mol. The fourth-order valence-electron chi connectivity index (χ4n) is 0.687. The number of pyridine rings is 1. The molecule has 0 aliphatic rings. The Morgan fingerprint density at radius 2 is 2.33 bits per heavy atom. The molecule has 0 unspecified atom stereocenters. The van der Waals surface area contributed by atoms with Crippen LogP contribution in [0.3, 0.4) is 0 Å². The maximum Gasteiger partial charge on any atom is 0.236 e. The van der Waals surface area contributed by atoms with Gasteiger partial charge in [0.05, 0.1) is 12.2 Å². The van der Waals surface area contributed by atoms with Crippen LogP contribution in [0, 0.1) is 17.8 Å². The standard InChI is InChI=1S/C8H8FN3/c9-8-7(11)4-6(5-12-8)2-1-3-10/h4-5H,3,10-11H2. The third kappa shape index (κ3) is 1.94. The van der Waals surface area contributed by atoms with Crippen molar-refractivity contribution in [1.29, 1.82) is 0 Å². The molecule has 0 atom stereocenters. The second-order valence-corrected chi connectivity index (χ2v) is 2.11. The fraction of sp³-hybridized carbons (Fsp3) is 0.125. The molecule has 0 aliphatic heterocycles. The highest BCUT2D eigenvalue weighted by Crippen LogP contribution is 2.07. The van der Waals surface area contributed by atoms with Crippen LogP contribution in [0.5, 0.6) is 0 Å². The maximum absolute atomic E-state index is 12.5. The molecule has 0 radical (unpaired) electrons. The zero-order chi connectivity index (χ0) is 8.97. The third-order valence-corrected chi connectivity index (χ3v) is 1.20. The lowest BCUT2D eigenvalue weighted by Crippen LogP contribution is -1.96. The first-order valence-electron chi connectivity index (χ1n) is 3.34. The van der Waals surface area contributed by atoms with Crippen molar-refractivity contribution in [3.05, 3.63) is 23.8 Å². The van der Waals surface area contributed by atoms with Gasteiger partial charge in [-0.25, -0.2) is 4.98 Å². The first kappa shape index (κ1) is 8.50. The van der Waals surface area contributed by atoms with Gasteiger partial charge < -0.3 is 11.5 Å². The number of hydrogen-bond acceptors (Lipinski definition) is 3. The summed E-state index contributed by atoms with van der Waals surface area (Å²) < 4.78 is 12.5. The van der Waals surface area contributed by atoms with Crippen molar-refractivity contribution in [2.24, 2.45) is 5.73 Å². The number of nitrogens with zero attached hydrogens (tertiary/aromatic N) is 1. The van der Waals surface area contributed by atoms with Gasteiger partial charge in [-0.1, -0.05) is 11.8 Å². The van der Waals surface area contributed by atoms with E-state index in [1.165, 1.54) is 12.3 Å². The zero-order valence-electron chi connectivity index (χ0n) is 6.34. The van der Waals surface area contributed by atoms with Crippen LogP contribution in [0.4, 0.5) is 10.1 Å². The summed E-state index contributed by atoms with van der Waals surface area (Å²) in [7, 11) is 0. The van der Waals surface area contributed by atoms with Gasteiger partial charge in [0.2, 0.25) is 5.95 Å². The van der Waals surface area contributed by atoms with E-state index in [-0.39, 0.29) is 12.2 Å². The molecule has 0 aromatic carbocycles. The van der Waals surface area contributed by atoms with Crippen LogP contribution < -0.4 is 11.5 Å². The molecule has 12 heavy (non-hydrogen) atoms. The minimum atomic E-state index is -0.673. The summed E-state index contributed by atoms with van der Waals surface area (Å²) in [6.07, 6.45) is 1.31. The largest absolute Gasteiger partial charge is 0.395 e. The van der Waals surface area contributed by atoms with E-state index in [1.807, 2.05) is 0 Å². The highest BCUT2D eigenvalue weighted by molar-refractivity contribution is 5.45. The van der Waals surface area contributed by atoms with Gasteiger partial charge in [0.1, 0.15) is 0 Å². The predicted octanol–water partition coefficient (Wildman–Crippen LogP) is 0.113. The minimum absolute atomic E-state index is 0.00109. The van der Waals surface area contributed by atoms with Crippen molar-refractivity contribution in [2.75, 3.05) is 12.3 Å². The molecule has 0 fully saturated rings. The zero-order valence-corrected chi connectivity index (χ0v) is 6.34. The summed E-state index contributed by atoms with van der Waals surface area (Å²) in [4.78, 5) is 3.40. The third-order valence-electron chi connectivity index (χ3n) is 1.20. The molecule has 0 bridgehead atoms. The molecule has 3 nitrogen and oxygen atoms in total. The lowest BCUT2D eigenvalue weighted by molar-refractivity contribution is 0.588. The van der Waals surface area contributed by atoms with Crippen molar-refractivity contribution in [3.63, 3.8) is 0 Å². The van der Waals surface area contributed by atoms with E-state index in [0.717, 1.165) is 0 Å². The summed E-state index contributed by atoms with van der Waals surface area (Å²) in [5, 5.41) is 0. The van der Waals surface area contributed by atoms with Crippen LogP contribution in [0.2, 0.25) is 0 Å². The molecule has 62 valence electrons. The Morgan fingerprint density at radius 1 is 1.58 bits per heavy atom. The summed E-state index contributed by atoms with van der Waals surface area (Å²) in [6, 6.07) is 1.42. The molecule has 1 heterocycles. The average molecular weight is 165 g/mol. The van der Waals surface area contributed by atoms with Crippen LogP contribution >= 0.6 is 0 Å². The number of nitrogens with two attached hydrogens (primary N) is 2. The summed E-state index contributed by atoms with van der Waals surface area (Å²) in [5.74, 6) is 4.63. The van der Waals surface area contributed by atoms with Crippen LogP contribution in [0.15, 0.2) is 12.3 Å². The lowest BCUT2D eigenvalue weighted by Gasteiger charge is -1.94. The molecular weight excluding hydrogens is 157 g/mol. The second-order valence-electron chi connectivity index (χ2n) is 2.11. The van der Waals surface area contributed by atoms with E-state index in [0.29, 0.717) is 5.56 Å². The SMILES string of the molecule is NCC#Cc1cnc(F)c(N)c1. The van der Waals surface area contributed by atoms with Gasteiger partial charge in [0.25, 0.3) is 0 Å². The van der Waals surface area contributed by atoms with Crippen molar-refractivity contribution < 1.29 is 4.39 Å². The Bertz CT molecular complexity index is 338. The van der Waals surface area contributed by atoms with Crippen molar-refractivity contribution >= 4 is 5.69 Å². The first-order valence-corrected chi connectivity index (χ1v) is 3.34. The summed E-state index contributed by atoms with van der Waals surface area (Å²) >= 11 is 0. The summed E-state index contributed by atoms with van der Waals surface area (Å²) in [5.41, 5.74) is 11.0. The number of rotatable bonds is 0. The number of anilines is 1. The van der Waals surface area contributed by atoms with Crippen molar-refractivity contribution in [2.45, 2.75) is 0 Å². The number of aromatic nitrogens is 1. The molecule has 1 rings (SSSR count). The fourth-order valence-corrected chi connectivity index (χ4v) is 0.687. The molecular formula is C8H8FN3. The van der Waals surface area contributed by atoms with E-state index in [4.69, 9.17) is 11.5 Å². The molecule has 0 saturated heterocycles. The smallest absolute Gasteiger partial charge is 0.236 e. The van der Waals surface area contributed by atoms with Crippen molar-refractivity contribution in [3.8, 4) is 11.8 Å². The maximum atomic E-state index is 12.5.